The lowest BCUT2D eigenvalue weighted by Crippen LogP contribution is -2.42. The summed E-state index contributed by atoms with van der Waals surface area (Å²) >= 11 is 0. The number of Topliss-reactive ketones (excluding diaryl/α,β-unsaturated/α-hetero) is 1. The number of anilines is 1. The molecule has 0 aromatic carbocycles. The number of nitrogens with two attached hydrogens (primary N) is 1. The van der Waals surface area contributed by atoms with E-state index in [1.807, 2.05) is 0 Å². The Hall–Kier alpha value is -2.84. The van der Waals surface area contributed by atoms with Crippen LogP contribution in [0.2, 0.25) is 0 Å². The van der Waals surface area contributed by atoms with Gasteiger partial charge in [-0.15, -0.1) is 0 Å². The molecular formula is C16H21N3O10S. The molecule has 0 saturated carbocycles. The average Bonchev–Trinajstić information content (AvgIpc) is 2.88. The summed E-state index contributed by atoms with van der Waals surface area (Å²) in [4.78, 5) is 50.5. The zero-order valence-electron chi connectivity index (χ0n) is 16.6. The summed E-state index contributed by atoms with van der Waals surface area (Å²) < 4.78 is 45.0. The predicted octanol–water partition coefficient (Wildman–Crippen LogP) is -1.23. The first-order valence-corrected chi connectivity index (χ1v) is 10.4. The van der Waals surface area contributed by atoms with Crippen molar-refractivity contribution in [2.75, 3.05) is 18.6 Å². The van der Waals surface area contributed by atoms with Crippen molar-refractivity contribution >= 4 is 33.7 Å². The first kappa shape index (κ1) is 23.4. The van der Waals surface area contributed by atoms with Gasteiger partial charge in [0.05, 0.1) is 11.8 Å². The van der Waals surface area contributed by atoms with Crippen LogP contribution in [0.15, 0.2) is 11.0 Å². The summed E-state index contributed by atoms with van der Waals surface area (Å²) in [7, 11) is -4.08. The second-order valence-electron chi connectivity index (χ2n) is 6.49. The van der Waals surface area contributed by atoms with Crippen LogP contribution in [0, 0.1) is 0 Å². The lowest BCUT2D eigenvalue weighted by atomic mass is 10.1. The fraction of sp³-hybridized carbons (Fsp3) is 0.562. The van der Waals surface area contributed by atoms with Crippen LogP contribution in [0.25, 0.3) is 0 Å². The summed E-state index contributed by atoms with van der Waals surface area (Å²) in [6, 6.07) is 0. The van der Waals surface area contributed by atoms with E-state index >= 15 is 0 Å². The number of hydrogen-bond donors (Lipinski definition) is 1. The van der Waals surface area contributed by atoms with Crippen LogP contribution in [-0.2, 0) is 38.1 Å². The summed E-state index contributed by atoms with van der Waals surface area (Å²) in [5.41, 5.74) is 4.53. The molecule has 1 aliphatic rings. The molecule has 0 amide bonds. The summed E-state index contributed by atoms with van der Waals surface area (Å²) in [6.07, 6.45) is -3.78. The largest absolute Gasteiger partial charge is 0.463 e. The smallest absolute Gasteiger partial charge is 0.351 e. The summed E-state index contributed by atoms with van der Waals surface area (Å²) in [5, 5.41) is 0. The number of ketones is 1. The van der Waals surface area contributed by atoms with Gasteiger partial charge in [0, 0.05) is 20.0 Å². The van der Waals surface area contributed by atoms with Crippen molar-refractivity contribution in [1.29, 1.82) is 0 Å². The van der Waals surface area contributed by atoms with Gasteiger partial charge in [-0.2, -0.15) is 13.4 Å². The molecule has 1 saturated heterocycles. The number of nitrogen functional groups attached to an aromatic ring is 1. The molecule has 0 radical (unpaired) electrons. The second-order valence-corrected chi connectivity index (χ2v) is 8.09. The highest BCUT2D eigenvalue weighted by Crippen LogP contribution is 2.34. The molecule has 2 heterocycles. The molecule has 13 nitrogen and oxygen atoms in total. The van der Waals surface area contributed by atoms with Crippen molar-refractivity contribution in [2.45, 2.75) is 45.3 Å². The maximum absolute atomic E-state index is 12.4. The Labute approximate surface area is 171 Å². The molecular weight excluding hydrogens is 426 g/mol. The minimum atomic E-state index is -4.08. The van der Waals surface area contributed by atoms with Gasteiger partial charge in [0.15, 0.2) is 18.1 Å². The standard InChI is InChI=1S/C16H21N3O10S/c1-7(20)10-5-19(16(23)18-14(10)17)15-13(27-9(3)22)12(29-30(4,24)25)11(28-15)6-26-8(2)21/h5,11-13,15H,6H2,1-4H3,(H2,17,18,23)/t11-,12+,13-,15-/m1/s1. The van der Waals surface area contributed by atoms with Crippen LogP contribution in [-0.4, -0.2) is 66.9 Å². The SMILES string of the molecule is CC(=O)OC[C@H]1O[C@@H](n2cc(C(C)=O)c(N)nc2=O)[C@H](OC(C)=O)[C@H]1OS(C)(=O)=O. The van der Waals surface area contributed by atoms with E-state index in [1.54, 1.807) is 0 Å². The topological polar surface area (TPSA) is 183 Å². The molecule has 0 spiro atoms. The van der Waals surface area contributed by atoms with Crippen LogP contribution in [0.5, 0.6) is 0 Å². The van der Waals surface area contributed by atoms with Gasteiger partial charge >= 0.3 is 17.6 Å². The van der Waals surface area contributed by atoms with Crippen molar-refractivity contribution in [3.05, 3.63) is 22.2 Å². The number of hydrogen-bond acceptors (Lipinski definition) is 12. The maximum atomic E-state index is 12.4. The van der Waals surface area contributed by atoms with Crippen molar-refractivity contribution in [2.24, 2.45) is 0 Å². The third kappa shape index (κ3) is 5.61. The van der Waals surface area contributed by atoms with E-state index in [0.29, 0.717) is 0 Å². The second kappa shape index (κ2) is 8.89. The Morgan fingerprint density at radius 1 is 1.20 bits per heavy atom. The number of esters is 2. The summed E-state index contributed by atoms with van der Waals surface area (Å²) in [5.74, 6) is -2.33. The van der Waals surface area contributed by atoms with E-state index in [9.17, 15) is 27.6 Å². The highest BCUT2D eigenvalue weighted by molar-refractivity contribution is 7.86. The van der Waals surface area contributed by atoms with Crippen LogP contribution in [0.3, 0.4) is 0 Å². The normalized spacial score (nSPS) is 23.7. The van der Waals surface area contributed by atoms with E-state index in [1.165, 1.54) is 6.92 Å². The Kier molecular flexibility index (Phi) is 6.95. The number of carbonyl (C=O) groups is 3. The van der Waals surface area contributed by atoms with Gasteiger partial charge in [0.25, 0.3) is 10.1 Å². The summed E-state index contributed by atoms with van der Waals surface area (Å²) in [6.45, 7) is 2.91. The van der Waals surface area contributed by atoms with Gasteiger partial charge in [0.1, 0.15) is 24.6 Å². The quantitative estimate of drug-likeness (QED) is 0.298. The highest BCUT2D eigenvalue weighted by Gasteiger charge is 2.51. The fourth-order valence-corrected chi connectivity index (χ4v) is 3.47. The number of carbonyl (C=O) groups excluding carboxylic acids is 3. The molecule has 14 heteroatoms. The molecule has 0 unspecified atom stereocenters. The fourth-order valence-electron chi connectivity index (χ4n) is 2.84. The lowest BCUT2D eigenvalue weighted by Gasteiger charge is -2.23. The minimum Gasteiger partial charge on any atom is -0.463 e. The Morgan fingerprint density at radius 2 is 1.83 bits per heavy atom. The lowest BCUT2D eigenvalue weighted by molar-refractivity contribution is -0.155. The van der Waals surface area contributed by atoms with Crippen LogP contribution < -0.4 is 11.4 Å². The average molecular weight is 447 g/mol. The van der Waals surface area contributed by atoms with E-state index < -0.39 is 64.7 Å². The minimum absolute atomic E-state index is 0.108. The van der Waals surface area contributed by atoms with Crippen molar-refractivity contribution in [3.63, 3.8) is 0 Å². The predicted molar refractivity (Wildman–Crippen MR) is 98.7 cm³/mol. The molecule has 30 heavy (non-hydrogen) atoms. The van der Waals surface area contributed by atoms with Crippen molar-refractivity contribution < 1.29 is 41.2 Å². The third-order valence-corrected chi connectivity index (χ3v) is 4.53. The molecule has 1 fully saturated rings. The molecule has 0 aliphatic carbocycles. The number of aromatic nitrogens is 2. The van der Waals surface area contributed by atoms with E-state index in [-0.39, 0.29) is 11.4 Å². The zero-order chi connectivity index (χ0) is 22.8. The first-order valence-electron chi connectivity index (χ1n) is 8.54. The van der Waals surface area contributed by atoms with E-state index in [2.05, 4.69) is 4.98 Å². The Balaban J connectivity index is 2.57. The molecule has 4 atom stereocenters. The highest BCUT2D eigenvalue weighted by atomic mass is 32.2. The molecule has 2 N–H and O–H groups in total. The first-order chi connectivity index (χ1) is 13.8. The number of rotatable bonds is 7. The van der Waals surface area contributed by atoms with Crippen LogP contribution in [0.1, 0.15) is 37.4 Å². The molecule has 1 aromatic rings. The molecule has 2 rings (SSSR count). The van der Waals surface area contributed by atoms with Gasteiger partial charge in [0.2, 0.25) is 0 Å². The van der Waals surface area contributed by atoms with E-state index in [4.69, 9.17) is 24.1 Å². The molecule has 166 valence electrons. The molecule has 0 bridgehead atoms. The van der Waals surface area contributed by atoms with E-state index in [0.717, 1.165) is 30.9 Å². The number of ether oxygens (including phenoxy) is 3. The van der Waals surface area contributed by atoms with Crippen molar-refractivity contribution in [1.82, 2.24) is 9.55 Å². The maximum Gasteiger partial charge on any atom is 0.351 e. The van der Waals surface area contributed by atoms with Gasteiger partial charge in [-0.25, -0.2) is 4.79 Å². The molecule has 1 aliphatic heterocycles. The van der Waals surface area contributed by atoms with Gasteiger partial charge in [-0.3, -0.25) is 23.1 Å². The van der Waals surface area contributed by atoms with Crippen LogP contribution in [0.4, 0.5) is 5.82 Å². The molecule has 1 aromatic heterocycles. The van der Waals surface area contributed by atoms with Gasteiger partial charge in [-0.05, 0) is 6.92 Å². The third-order valence-electron chi connectivity index (χ3n) is 3.96. The van der Waals surface area contributed by atoms with Crippen molar-refractivity contribution in [3.8, 4) is 0 Å². The monoisotopic (exact) mass is 447 g/mol. The number of nitrogens with zero attached hydrogens (tertiary/aromatic N) is 2. The van der Waals surface area contributed by atoms with Gasteiger partial charge in [-0.1, -0.05) is 0 Å². The van der Waals surface area contributed by atoms with Gasteiger partial charge < -0.3 is 19.9 Å². The van der Waals surface area contributed by atoms with Crippen LogP contribution >= 0.6 is 0 Å². The Morgan fingerprint density at radius 3 is 2.33 bits per heavy atom. The zero-order valence-corrected chi connectivity index (χ0v) is 17.4. The Bertz CT molecular complexity index is 1020.